The number of ether oxygens (including phenoxy) is 2. The van der Waals surface area contributed by atoms with Crippen LogP contribution >= 0.6 is 23.2 Å². The molecule has 2 aromatic carbocycles. The Morgan fingerprint density at radius 3 is 2.69 bits per heavy atom. The second kappa shape index (κ2) is 7.27. The number of nitrogens with zero attached hydrogens (tertiary/aromatic N) is 2. The predicted molar refractivity (Wildman–Crippen MR) is 102 cm³/mol. The number of nitrogens with one attached hydrogen (secondary N) is 2. The molecule has 26 heavy (non-hydrogen) atoms. The standard InChI is InChI=1S/C18H14Cl2N4O2/c19-12-2-3-13(20)14(6-12)24-18-7-17(22-9-23-18)21-8-11-1-4-15-16(5-11)26-10-25-15/h1-7,9H,8,10H2,(H2,21,22,23,24). The minimum absolute atomic E-state index is 0.263. The molecule has 2 N–H and O–H groups in total. The van der Waals surface area contributed by atoms with Gasteiger partial charge in [-0.25, -0.2) is 9.97 Å². The van der Waals surface area contributed by atoms with Crippen molar-refractivity contribution in [2.45, 2.75) is 6.54 Å². The molecule has 0 bridgehead atoms. The van der Waals surface area contributed by atoms with E-state index in [1.165, 1.54) is 6.33 Å². The van der Waals surface area contributed by atoms with Crippen molar-refractivity contribution in [1.29, 1.82) is 0 Å². The molecule has 0 atom stereocenters. The highest BCUT2D eigenvalue weighted by Crippen LogP contribution is 2.32. The molecule has 0 amide bonds. The van der Waals surface area contributed by atoms with Crippen molar-refractivity contribution in [3.63, 3.8) is 0 Å². The lowest BCUT2D eigenvalue weighted by molar-refractivity contribution is 0.174. The summed E-state index contributed by atoms with van der Waals surface area (Å²) in [6.45, 7) is 0.851. The summed E-state index contributed by atoms with van der Waals surface area (Å²) in [4.78, 5) is 8.44. The van der Waals surface area contributed by atoms with E-state index in [1.807, 2.05) is 18.2 Å². The van der Waals surface area contributed by atoms with E-state index < -0.39 is 0 Å². The molecule has 6 nitrogen and oxygen atoms in total. The maximum Gasteiger partial charge on any atom is 0.231 e. The van der Waals surface area contributed by atoms with Gasteiger partial charge in [0.05, 0.1) is 10.7 Å². The van der Waals surface area contributed by atoms with Gasteiger partial charge in [0.15, 0.2) is 11.5 Å². The average Bonchev–Trinajstić information content (AvgIpc) is 3.11. The van der Waals surface area contributed by atoms with E-state index >= 15 is 0 Å². The summed E-state index contributed by atoms with van der Waals surface area (Å²) in [5, 5.41) is 7.55. The van der Waals surface area contributed by atoms with Gasteiger partial charge >= 0.3 is 0 Å². The Balaban J connectivity index is 1.45. The smallest absolute Gasteiger partial charge is 0.231 e. The van der Waals surface area contributed by atoms with Gasteiger partial charge in [0, 0.05) is 17.6 Å². The third-order valence-corrected chi connectivity index (χ3v) is 4.33. The fourth-order valence-electron chi connectivity index (χ4n) is 2.50. The first-order valence-corrected chi connectivity index (χ1v) is 8.59. The summed E-state index contributed by atoms with van der Waals surface area (Å²) in [6.07, 6.45) is 1.47. The molecule has 0 saturated carbocycles. The topological polar surface area (TPSA) is 68.3 Å². The minimum atomic E-state index is 0.263. The zero-order valence-corrected chi connectivity index (χ0v) is 15.0. The molecule has 1 aliphatic heterocycles. The zero-order chi connectivity index (χ0) is 17.9. The number of halogens is 2. The number of hydrogen-bond acceptors (Lipinski definition) is 6. The molecule has 0 radical (unpaired) electrons. The number of aromatic nitrogens is 2. The maximum atomic E-state index is 6.17. The Morgan fingerprint density at radius 2 is 1.77 bits per heavy atom. The van der Waals surface area contributed by atoms with Crippen LogP contribution in [0.2, 0.25) is 10.0 Å². The number of rotatable bonds is 5. The SMILES string of the molecule is Clc1ccc(Cl)c(Nc2cc(NCc3ccc4c(c3)OCO4)ncn2)c1. The van der Waals surface area contributed by atoms with E-state index in [0.29, 0.717) is 33.9 Å². The molecule has 0 aliphatic carbocycles. The molecule has 8 heteroatoms. The summed E-state index contributed by atoms with van der Waals surface area (Å²) in [7, 11) is 0. The van der Waals surface area contributed by atoms with Crippen LogP contribution in [-0.2, 0) is 6.54 Å². The van der Waals surface area contributed by atoms with Gasteiger partial charge in [-0.2, -0.15) is 0 Å². The molecule has 132 valence electrons. The fraction of sp³-hybridized carbons (Fsp3) is 0.111. The first kappa shape index (κ1) is 16.8. The Morgan fingerprint density at radius 1 is 0.923 bits per heavy atom. The molecule has 4 rings (SSSR count). The summed E-state index contributed by atoms with van der Waals surface area (Å²) >= 11 is 12.2. The van der Waals surface area contributed by atoms with Crippen molar-refractivity contribution in [3.8, 4) is 11.5 Å². The van der Waals surface area contributed by atoms with E-state index in [4.69, 9.17) is 32.7 Å². The number of fused-ring (bicyclic) bond motifs is 1. The highest BCUT2D eigenvalue weighted by atomic mass is 35.5. The second-order valence-corrected chi connectivity index (χ2v) is 6.42. The van der Waals surface area contributed by atoms with Gasteiger partial charge in [0.2, 0.25) is 6.79 Å². The Kier molecular flexibility index (Phi) is 4.69. The summed E-state index contributed by atoms with van der Waals surface area (Å²) < 4.78 is 10.7. The van der Waals surface area contributed by atoms with Gasteiger partial charge in [-0.1, -0.05) is 29.3 Å². The first-order chi connectivity index (χ1) is 12.7. The van der Waals surface area contributed by atoms with Crippen LogP contribution in [0, 0.1) is 0 Å². The molecular formula is C18H14Cl2N4O2. The molecular weight excluding hydrogens is 375 g/mol. The van der Waals surface area contributed by atoms with Crippen LogP contribution in [0.3, 0.4) is 0 Å². The Bertz CT molecular complexity index is 952. The number of benzene rings is 2. The summed E-state index contributed by atoms with van der Waals surface area (Å²) in [5.74, 6) is 2.81. The molecule has 2 heterocycles. The average molecular weight is 389 g/mol. The van der Waals surface area contributed by atoms with Gasteiger partial charge in [-0.15, -0.1) is 0 Å². The largest absolute Gasteiger partial charge is 0.454 e. The number of hydrogen-bond donors (Lipinski definition) is 2. The van der Waals surface area contributed by atoms with Gasteiger partial charge in [-0.3, -0.25) is 0 Å². The van der Waals surface area contributed by atoms with Crippen molar-refractivity contribution < 1.29 is 9.47 Å². The van der Waals surface area contributed by atoms with Crippen molar-refractivity contribution in [2.24, 2.45) is 0 Å². The van der Waals surface area contributed by atoms with Crippen LogP contribution in [0.5, 0.6) is 11.5 Å². The Hall–Kier alpha value is -2.70. The molecule has 0 unspecified atom stereocenters. The van der Waals surface area contributed by atoms with E-state index in [-0.39, 0.29) is 6.79 Å². The monoisotopic (exact) mass is 388 g/mol. The van der Waals surface area contributed by atoms with Crippen LogP contribution in [0.1, 0.15) is 5.56 Å². The minimum Gasteiger partial charge on any atom is -0.454 e. The fourth-order valence-corrected chi connectivity index (χ4v) is 2.83. The van der Waals surface area contributed by atoms with Gasteiger partial charge < -0.3 is 20.1 Å². The van der Waals surface area contributed by atoms with E-state index in [0.717, 1.165) is 17.1 Å². The van der Waals surface area contributed by atoms with E-state index in [9.17, 15) is 0 Å². The van der Waals surface area contributed by atoms with Crippen LogP contribution in [0.25, 0.3) is 0 Å². The van der Waals surface area contributed by atoms with Crippen molar-refractivity contribution >= 4 is 40.5 Å². The first-order valence-electron chi connectivity index (χ1n) is 7.84. The van der Waals surface area contributed by atoms with Crippen molar-refractivity contribution in [2.75, 3.05) is 17.4 Å². The maximum absolute atomic E-state index is 6.17. The molecule has 1 aromatic heterocycles. The van der Waals surface area contributed by atoms with Crippen LogP contribution in [0.4, 0.5) is 17.3 Å². The van der Waals surface area contributed by atoms with Gasteiger partial charge in [-0.05, 0) is 35.9 Å². The van der Waals surface area contributed by atoms with Crippen LogP contribution in [0.15, 0.2) is 48.8 Å². The Labute approximate surface area is 160 Å². The van der Waals surface area contributed by atoms with Gasteiger partial charge in [0.1, 0.15) is 18.0 Å². The third-order valence-electron chi connectivity index (χ3n) is 3.77. The lowest BCUT2D eigenvalue weighted by Gasteiger charge is -2.10. The highest BCUT2D eigenvalue weighted by molar-refractivity contribution is 6.35. The van der Waals surface area contributed by atoms with Crippen molar-refractivity contribution in [1.82, 2.24) is 9.97 Å². The quantitative estimate of drug-likeness (QED) is 0.649. The van der Waals surface area contributed by atoms with Crippen molar-refractivity contribution in [3.05, 3.63) is 64.4 Å². The number of anilines is 3. The van der Waals surface area contributed by atoms with Crippen LogP contribution in [-0.4, -0.2) is 16.8 Å². The normalized spacial score (nSPS) is 12.1. The molecule has 0 fully saturated rings. The lowest BCUT2D eigenvalue weighted by atomic mass is 10.2. The zero-order valence-electron chi connectivity index (χ0n) is 13.5. The summed E-state index contributed by atoms with van der Waals surface area (Å²) in [5.41, 5.74) is 1.74. The lowest BCUT2D eigenvalue weighted by Crippen LogP contribution is -2.03. The van der Waals surface area contributed by atoms with Gasteiger partial charge in [0.25, 0.3) is 0 Å². The van der Waals surface area contributed by atoms with Crippen LogP contribution < -0.4 is 20.1 Å². The van der Waals surface area contributed by atoms with E-state index in [1.54, 1.807) is 24.3 Å². The highest BCUT2D eigenvalue weighted by Gasteiger charge is 2.13. The molecule has 3 aromatic rings. The summed E-state index contributed by atoms with van der Waals surface area (Å²) in [6, 6.07) is 12.8. The molecule has 0 spiro atoms. The molecule has 0 saturated heterocycles. The van der Waals surface area contributed by atoms with E-state index in [2.05, 4.69) is 20.6 Å². The molecule has 1 aliphatic rings. The predicted octanol–water partition coefficient (Wildman–Crippen LogP) is 4.87. The third kappa shape index (κ3) is 3.76. The second-order valence-electron chi connectivity index (χ2n) is 5.58.